The molecule has 0 saturated carbocycles. The molecule has 8 heteroatoms. The van der Waals surface area contributed by atoms with E-state index in [0.717, 1.165) is 66.8 Å². The maximum Gasteiger partial charge on any atom is 0.477 e. The van der Waals surface area contributed by atoms with Gasteiger partial charge in [-0.05, 0) is 144 Å². The molecule has 0 heterocycles. The Kier molecular flexibility index (Phi) is 16.1. The van der Waals surface area contributed by atoms with Gasteiger partial charge >= 0.3 is 15.4 Å². The molecule has 0 aliphatic heterocycles. The molecule has 0 bridgehead atoms. The smallest absolute Gasteiger partial charge is 0.321 e. The van der Waals surface area contributed by atoms with E-state index in [9.17, 15) is 19.2 Å². The summed E-state index contributed by atoms with van der Waals surface area (Å²) >= 11 is 0. The zero-order valence-corrected chi connectivity index (χ0v) is 52.6. The quantitative estimate of drug-likeness (QED) is 0.131. The fourth-order valence-corrected chi connectivity index (χ4v) is 12.8. The third-order valence-corrected chi connectivity index (χ3v) is 17.6. The highest BCUT2D eigenvalue weighted by atomic mass is 31.3. The SMILES string of the molecule is CC(C)(C)c1ccc(-c2ccccc2-c2c(P(=O)(O)OP(=O)(O)O)cc(-c3ccc(C(C)(C)C)cc3C(C)(C)C)c(-c3ccc(C(C)(C)C)cc3C(C)(C)C)c2-c2ccc(C(C)(C)C)cc2C(C)(C)C)c(C(C)(C)C)c1. The van der Waals surface area contributed by atoms with Gasteiger partial charge in [0.25, 0.3) is 0 Å². The molecule has 6 aromatic carbocycles. The van der Waals surface area contributed by atoms with E-state index in [0.29, 0.717) is 22.3 Å². The minimum Gasteiger partial charge on any atom is -0.321 e. The van der Waals surface area contributed by atoms with Gasteiger partial charge in [0.15, 0.2) is 0 Å². The molecular formula is C68H92O6P2. The minimum atomic E-state index is -5.62. The highest BCUT2D eigenvalue weighted by Gasteiger charge is 2.41. The second-order valence-corrected chi connectivity index (χ2v) is 32.9. The van der Waals surface area contributed by atoms with Crippen LogP contribution in [0, 0.1) is 0 Å². The normalized spacial score (nSPS) is 14.5. The lowest BCUT2D eigenvalue weighted by molar-refractivity contribution is 0.268. The van der Waals surface area contributed by atoms with Gasteiger partial charge in [0, 0.05) is 5.56 Å². The zero-order chi connectivity index (χ0) is 57.7. The van der Waals surface area contributed by atoms with Crippen molar-refractivity contribution in [2.45, 2.75) is 209 Å². The molecule has 0 spiro atoms. The Morgan fingerprint density at radius 1 is 0.303 bits per heavy atom. The van der Waals surface area contributed by atoms with E-state index in [-0.39, 0.29) is 32.4 Å². The van der Waals surface area contributed by atoms with Crippen molar-refractivity contribution in [3.63, 3.8) is 0 Å². The standard InChI is InChI=1S/C68H92O6P2/c1-61(2,3)42-29-33-47(53(37-42)65(13,14)15)46-27-25-26-28-49(46)59-57(75(69,70)74-76(71,72)73)41-52(48-34-30-43(62(4,5)6)38-54(48)66(16,17)18)58(50-35-31-44(63(7,8)9)39-55(50)67(19,20)21)60(59)51-36-32-45(64(10,11)12)40-56(51)68(22,23)24/h25-41H,1-24H3,(H,69,70)(H2,71,72,73). The number of hydrogen-bond donors (Lipinski definition) is 3. The van der Waals surface area contributed by atoms with E-state index in [4.69, 9.17) is 4.31 Å². The van der Waals surface area contributed by atoms with Crippen molar-refractivity contribution in [2.75, 3.05) is 0 Å². The van der Waals surface area contributed by atoms with Crippen molar-refractivity contribution in [3.8, 4) is 55.6 Å². The van der Waals surface area contributed by atoms with Gasteiger partial charge in [0.05, 0.1) is 5.30 Å². The second-order valence-electron chi connectivity index (χ2n) is 29.7. The van der Waals surface area contributed by atoms with Gasteiger partial charge in [-0.3, -0.25) is 4.57 Å². The Hall–Kier alpha value is -4.38. The summed E-state index contributed by atoms with van der Waals surface area (Å²) in [6.07, 6.45) is 0. The van der Waals surface area contributed by atoms with Gasteiger partial charge < -0.3 is 14.7 Å². The van der Waals surface area contributed by atoms with E-state index in [1.807, 2.05) is 18.2 Å². The number of benzene rings is 6. The van der Waals surface area contributed by atoms with E-state index in [2.05, 4.69) is 245 Å². The molecule has 6 aromatic rings. The van der Waals surface area contributed by atoms with Gasteiger partial charge in [-0.1, -0.05) is 263 Å². The predicted molar refractivity (Wildman–Crippen MR) is 326 cm³/mol. The monoisotopic (exact) mass is 1070 g/mol. The molecule has 0 aromatic heterocycles. The Morgan fingerprint density at radius 3 is 0.908 bits per heavy atom. The number of phosphoric acid groups is 1. The Morgan fingerprint density at radius 2 is 0.592 bits per heavy atom. The molecule has 0 fully saturated rings. The van der Waals surface area contributed by atoms with Crippen molar-refractivity contribution in [3.05, 3.63) is 148 Å². The van der Waals surface area contributed by atoms with Gasteiger partial charge in [0.2, 0.25) is 0 Å². The molecule has 76 heavy (non-hydrogen) atoms. The molecule has 3 N–H and O–H groups in total. The highest BCUT2D eigenvalue weighted by Crippen LogP contribution is 2.61. The highest BCUT2D eigenvalue weighted by molar-refractivity contribution is 7.69. The minimum absolute atomic E-state index is 0.153. The third-order valence-electron chi connectivity index (χ3n) is 14.9. The summed E-state index contributed by atoms with van der Waals surface area (Å²) in [5, 5.41) is -0.205. The molecule has 0 aliphatic carbocycles. The van der Waals surface area contributed by atoms with Crippen LogP contribution in [0.5, 0.6) is 0 Å². The fourth-order valence-electron chi connectivity index (χ4n) is 10.5. The lowest BCUT2D eigenvalue weighted by Crippen LogP contribution is -2.21. The maximum atomic E-state index is 15.8. The van der Waals surface area contributed by atoms with E-state index in [1.165, 1.54) is 11.1 Å². The molecule has 6 nitrogen and oxygen atoms in total. The number of rotatable bonds is 8. The molecule has 0 radical (unpaired) electrons. The average molecular weight is 1070 g/mol. The van der Waals surface area contributed by atoms with Crippen LogP contribution in [0.2, 0.25) is 0 Å². The van der Waals surface area contributed by atoms with Crippen LogP contribution in [-0.4, -0.2) is 14.7 Å². The first kappa shape index (κ1) is 60.8. The topological polar surface area (TPSA) is 104 Å². The molecule has 410 valence electrons. The van der Waals surface area contributed by atoms with Crippen LogP contribution in [0.15, 0.2) is 103 Å². The van der Waals surface area contributed by atoms with Crippen LogP contribution in [0.25, 0.3) is 55.6 Å². The number of hydrogen-bond acceptors (Lipinski definition) is 3. The fraction of sp³-hybridized carbons (Fsp3) is 0.471. The summed E-state index contributed by atoms with van der Waals surface area (Å²) in [7, 11) is -11.1. The van der Waals surface area contributed by atoms with Crippen LogP contribution in [-0.2, 0) is 56.8 Å². The van der Waals surface area contributed by atoms with Crippen LogP contribution in [0.1, 0.15) is 211 Å². The summed E-state index contributed by atoms with van der Waals surface area (Å²) in [6, 6.07) is 36.4. The van der Waals surface area contributed by atoms with Gasteiger partial charge in [-0.2, -0.15) is 0 Å². The van der Waals surface area contributed by atoms with Crippen LogP contribution in [0.4, 0.5) is 0 Å². The Balaban J connectivity index is 2.14. The summed E-state index contributed by atoms with van der Waals surface area (Å²) in [5.74, 6) is 0. The van der Waals surface area contributed by atoms with Crippen LogP contribution >= 0.6 is 15.4 Å². The van der Waals surface area contributed by atoms with Crippen molar-refractivity contribution < 1.29 is 28.1 Å². The molecule has 0 amide bonds. The van der Waals surface area contributed by atoms with Crippen LogP contribution in [0.3, 0.4) is 0 Å². The van der Waals surface area contributed by atoms with E-state index < -0.39 is 31.7 Å². The summed E-state index contributed by atoms with van der Waals surface area (Å²) in [4.78, 5) is 34.3. The van der Waals surface area contributed by atoms with E-state index >= 15 is 4.57 Å². The van der Waals surface area contributed by atoms with Gasteiger partial charge in [-0.25, -0.2) is 8.88 Å². The zero-order valence-electron chi connectivity index (χ0n) is 50.8. The first-order valence-electron chi connectivity index (χ1n) is 27.2. The Bertz CT molecular complexity index is 3270. The van der Waals surface area contributed by atoms with Crippen LogP contribution < -0.4 is 5.30 Å². The van der Waals surface area contributed by atoms with Crippen molar-refractivity contribution in [1.82, 2.24) is 0 Å². The lowest BCUT2D eigenvalue weighted by Gasteiger charge is -2.35. The van der Waals surface area contributed by atoms with Crippen molar-refractivity contribution in [2.24, 2.45) is 0 Å². The first-order chi connectivity index (χ1) is 34.1. The average Bonchev–Trinajstić information content (AvgIpc) is 3.24. The molecular weight excluding hydrogens is 975 g/mol. The Labute approximate surface area is 459 Å². The summed E-state index contributed by atoms with van der Waals surface area (Å²) < 4.78 is 34.4. The third kappa shape index (κ3) is 13.0. The van der Waals surface area contributed by atoms with Gasteiger partial charge in [0.1, 0.15) is 0 Å². The molecule has 1 atom stereocenters. The van der Waals surface area contributed by atoms with E-state index in [1.54, 1.807) is 6.07 Å². The first-order valence-corrected chi connectivity index (χ1v) is 30.3. The molecule has 1 unspecified atom stereocenters. The lowest BCUT2D eigenvalue weighted by atomic mass is 9.70. The molecule has 0 saturated heterocycles. The van der Waals surface area contributed by atoms with Crippen molar-refractivity contribution in [1.29, 1.82) is 0 Å². The van der Waals surface area contributed by atoms with Gasteiger partial charge in [-0.15, -0.1) is 0 Å². The van der Waals surface area contributed by atoms with Crippen molar-refractivity contribution >= 4 is 20.7 Å². The largest absolute Gasteiger partial charge is 0.477 e. The molecule has 0 aliphatic rings. The maximum absolute atomic E-state index is 15.8. The second kappa shape index (κ2) is 20.1. The summed E-state index contributed by atoms with van der Waals surface area (Å²) in [6.45, 7) is 53.1. The predicted octanol–water partition coefficient (Wildman–Crippen LogP) is 19.3. The molecule has 6 rings (SSSR count). The summed E-state index contributed by atoms with van der Waals surface area (Å²) in [5.41, 5.74) is 13.9.